The van der Waals surface area contributed by atoms with Crippen LogP contribution in [-0.4, -0.2) is 32.8 Å². The molecule has 2 aromatic heterocycles. The zero-order chi connectivity index (χ0) is 20.4. The molecule has 0 atom stereocenters. The smallest absolute Gasteiger partial charge is 0.255 e. The second kappa shape index (κ2) is 7.59. The SMILES string of the molecule is COc1ccccc1C(=O)NCc1ccc(-c2nn(C)c3ncnc(N)c23)cc1. The van der Waals surface area contributed by atoms with Crippen LogP contribution in [0.3, 0.4) is 0 Å². The van der Waals surface area contributed by atoms with E-state index in [0.29, 0.717) is 29.3 Å². The third-order valence-corrected chi connectivity index (χ3v) is 4.68. The number of hydrogen-bond donors (Lipinski definition) is 2. The number of amides is 1. The lowest BCUT2D eigenvalue weighted by molar-refractivity contribution is 0.0948. The first-order chi connectivity index (χ1) is 14.1. The van der Waals surface area contributed by atoms with E-state index < -0.39 is 0 Å². The van der Waals surface area contributed by atoms with E-state index in [-0.39, 0.29) is 5.91 Å². The quantitative estimate of drug-likeness (QED) is 0.544. The molecule has 8 nitrogen and oxygen atoms in total. The van der Waals surface area contributed by atoms with Crippen LogP contribution in [0.25, 0.3) is 22.3 Å². The molecule has 2 heterocycles. The molecule has 8 heteroatoms. The molecule has 0 bridgehead atoms. The van der Waals surface area contributed by atoms with E-state index in [4.69, 9.17) is 10.5 Å². The monoisotopic (exact) mass is 388 g/mol. The zero-order valence-corrected chi connectivity index (χ0v) is 16.1. The predicted molar refractivity (Wildman–Crippen MR) is 110 cm³/mol. The molecule has 0 aliphatic heterocycles. The highest BCUT2D eigenvalue weighted by molar-refractivity contribution is 5.98. The third kappa shape index (κ3) is 3.47. The lowest BCUT2D eigenvalue weighted by Gasteiger charge is -2.09. The molecule has 0 saturated carbocycles. The van der Waals surface area contributed by atoms with Gasteiger partial charge in [-0.3, -0.25) is 4.79 Å². The minimum absolute atomic E-state index is 0.188. The van der Waals surface area contributed by atoms with Gasteiger partial charge in [-0.2, -0.15) is 5.10 Å². The van der Waals surface area contributed by atoms with Gasteiger partial charge in [0.05, 0.1) is 18.1 Å². The molecule has 3 N–H and O–H groups in total. The van der Waals surface area contributed by atoms with Crippen LogP contribution >= 0.6 is 0 Å². The van der Waals surface area contributed by atoms with Crippen molar-refractivity contribution in [3.63, 3.8) is 0 Å². The molecule has 0 spiro atoms. The Hall–Kier alpha value is -3.94. The molecule has 4 aromatic rings. The van der Waals surface area contributed by atoms with Gasteiger partial charge in [-0.05, 0) is 17.7 Å². The van der Waals surface area contributed by atoms with E-state index >= 15 is 0 Å². The van der Waals surface area contributed by atoms with Gasteiger partial charge in [0.25, 0.3) is 5.91 Å². The van der Waals surface area contributed by atoms with Gasteiger partial charge in [-0.1, -0.05) is 36.4 Å². The Kier molecular flexibility index (Phi) is 4.82. The maximum atomic E-state index is 12.4. The fourth-order valence-corrected chi connectivity index (χ4v) is 3.20. The number of rotatable bonds is 5. The largest absolute Gasteiger partial charge is 0.496 e. The summed E-state index contributed by atoms with van der Waals surface area (Å²) in [5.41, 5.74) is 9.81. The number of carbonyl (C=O) groups excluding carboxylic acids is 1. The summed E-state index contributed by atoms with van der Waals surface area (Å²) < 4.78 is 6.92. The van der Waals surface area contributed by atoms with Crippen molar-refractivity contribution < 1.29 is 9.53 Å². The summed E-state index contributed by atoms with van der Waals surface area (Å²) in [4.78, 5) is 20.8. The Morgan fingerprint density at radius 2 is 1.90 bits per heavy atom. The summed E-state index contributed by atoms with van der Waals surface area (Å²) in [5, 5.41) is 8.18. The van der Waals surface area contributed by atoms with Crippen LogP contribution in [-0.2, 0) is 13.6 Å². The average Bonchev–Trinajstić information content (AvgIpc) is 3.10. The number of nitrogens with one attached hydrogen (secondary N) is 1. The Bertz CT molecular complexity index is 1180. The van der Waals surface area contributed by atoms with E-state index in [1.54, 1.807) is 30.0 Å². The molecule has 146 valence electrons. The maximum Gasteiger partial charge on any atom is 0.255 e. The van der Waals surface area contributed by atoms with Crippen LogP contribution in [0.2, 0.25) is 0 Å². The molecule has 2 aromatic carbocycles. The molecule has 0 radical (unpaired) electrons. The first kappa shape index (κ1) is 18.4. The number of ether oxygens (including phenoxy) is 1. The fraction of sp³-hybridized carbons (Fsp3) is 0.143. The molecular weight excluding hydrogens is 368 g/mol. The first-order valence-electron chi connectivity index (χ1n) is 9.02. The predicted octanol–water partition coefficient (Wildman–Crippen LogP) is 2.55. The summed E-state index contributed by atoms with van der Waals surface area (Å²) in [6.45, 7) is 0.394. The lowest BCUT2D eigenvalue weighted by atomic mass is 10.1. The highest BCUT2D eigenvalue weighted by Crippen LogP contribution is 2.29. The van der Waals surface area contributed by atoms with Crippen LogP contribution in [0.4, 0.5) is 5.82 Å². The van der Waals surface area contributed by atoms with Crippen LogP contribution in [0.15, 0.2) is 54.9 Å². The second-order valence-electron chi connectivity index (χ2n) is 6.51. The summed E-state index contributed by atoms with van der Waals surface area (Å²) in [6.07, 6.45) is 1.43. The van der Waals surface area contributed by atoms with Crippen molar-refractivity contribution in [3.8, 4) is 17.0 Å². The van der Waals surface area contributed by atoms with Crippen molar-refractivity contribution in [2.45, 2.75) is 6.54 Å². The minimum atomic E-state index is -0.188. The first-order valence-corrected chi connectivity index (χ1v) is 9.02. The van der Waals surface area contributed by atoms with Gasteiger partial charge in [0.15, 0.2) is 5.65 Å². The van der Waals surface area contributed by atoms with Crippen molar-refractivity contribution in [1.29, 1.82) is 0 Å². The number of para-hydroxylation sites is 1. The summed E-state index contributed by atoms with van der Waals surface area (Å²) in [6, 6.07) is 14.9. The zero-order valence-electron chi connectivity index (χ0n) is 16.1. The minimum Gasteiger partial charge on any atom is -0.496 e. The Balaban J connectivity index is 1.53. The van der Waals surface area contributed by atoms with Crippen molar-refractivity contribution >= 4 is 22.8 Å². The van der Waals surface area contributed by atoms with Gasteiger partial charge < -0.3 is 15.8 Å². The molecule has 29 heavy (non-hydrogen) atoms. The normalized spacial score (nSPS) is 10.8. The van der Waals surface area contributed by atoms with E-state index in [2.05, 4.69) is 20.4 Å². The number of benzene rings is 2. The number of carbonyl (C=O) groups is 1. The molecule has 0 saturated heterocycles. The van der Waals surface area contributed by atoms with Crippen LogP contribution in [0, 0.1) is 0 Å². The molecular formula is C21H20N6O2. The number of nitrogens with zero attached hydrogens (tertiary/aromatic N) is 4. The average molecular weight is 388 g/mol. The molecule has 1 amide bonds. The van der Waals surface area contributed by atoms with Gasteiger partial charge in [0.1, 0.15) is 23.6 Å². The van der Waals surface area contributed by atoms with Crippen LogP contribution in [0.5, 0.6) is 5.75 Å². The number of fused-ring (bicyclic) bond motifs is 1. The number of aromatic nitrogens is 4. The highest BCUT2D eigenvalue weighted by atomic mass is 16.5. The van der Waals surface area contributed by atoms with Crippen molar-refractivity contribution in [3.05, 3.63) is 66.0 Å². The Morgan fingerprint density at radius 1 is 1.14 bits per heavy atom. The van der Waals surface area contributed by atoms with Gasteiger partial charge in [-0.15, -0.1) is 0 Å². The van der Waals surface area contributed by atoms with Crippen LogP contribution < -0.4 is 15.8 Å². The van der Waals surface area contributed by atoms with E-state index in [0.717, 1.165) is 22.2 Å². The topological polar surface area (TPSA) is 108 Å². The van der Waals surface area contributed by atoms with E-state index in [1.165, 1.54) is 6.33 Å². The van der Waals surface area contributed by atoms with Crippen molar-refractivity contribution in [2.24, 2.45) is 7.05 Å². The van der Waals surface area contributed by atoms with Crippen LogP contribution in [0.1, 0.15) is 15.9 Å². The number of nitrogen functional groups attached to an aromatic ring is 1. The summed E-state index contributed by atoms with van der Waals surface area (Å²) in [7, 11) is 3.37. The van der Waals surface area contributed by atoms with Crippen molar-refractivity contribution in [1.82, 2.24) is 25.1 Å². The van der Waals surface area contributed by atoms with Gasteiger partial charge >= 0.3 is 0 Å². The van der Waals surface area contributed by atoms with Crippen molar-refractivity contribution in [2.75, 3.05) is 12.8 Å². The Labute approximate surface area is 167 Å². The number of anilines is 1. The fourth-order valence-electron chi connectivity index (χ4n) is 3.20. The second-order valence-corrected chi connectivity index (χ2v) is 6.51. The van der Waals surface area contributed by atoms with E-state index in [9.17, 15) is 4.79 Å². The molecule has 0 aliphatic rings. The number of aryl methyl sites for hydroxylation is 1. The molecule has 0 unspecified atom stereocenters. The number of methoxy groups -OCH3 is 1. The van der Waals surface area contributed by atoms with E-state index in [1.807, 2.05) is 37.4 Å². The van der Waals surface area contributed by atoms with Gasteiger partial charge in [0, 0.05) is 19.2 Å². The molecule has 0 aliphatic carbocycles. The van der Waals surface area contributed by atoms with Gasteiger partial charge in [-0.25, -0.2) is 14.6 Å². The number of nitrogens with two attached hydrogens (primary N) is 1. The standard InChI is InChI=1S/C21H20N6O2/c1-27-20-17(19(22)24-12-25-20)18(26-27)14-9-7-13(8-10-14)11-23-21(28)15-5-3-4-6-16(15)29-2/h3-10,12H,11H2,1-2H3,(H,23,28)(H2,22,24,25). The number of hydrogen-bond acceptors (Lipinski definition) is 6. The Morgan fingerprint density at radius 3 is 2.66 bits per heavy atom. The summed E-state index contributed by atoms with van der Waals surface area (Å²) >= 11 is 0. The maximum absolute atomic E-state index is 12.4. The molecule has 0 fully saturated rings. The lowest BCUT2D eigenvalue weighted by Crippen LogP contribution is -2.23. The highest BCUT2D eigenvalue weighted by Gasteiger charge is 2.15. The summed E-state index contributed by atoms with van der Waals surface area (Å²) in [5.74, 6) is 0.751. The van der Waals surface area contributed by atoms with Gasteiger partial charge in [0.2, 0.25) is 0 Å². The molecule has 4 rings (SSSR count). The third-order valence-electron chi connectivity index (χ3n) is 4.68.